The summed E-state index contributed by atoms with van der Waals surface area (Å²) in [6.45, 7) is 0.802. The maximum atomic E-state index is 6.20. The van der Waals surface area contributed by atoms with Gasteiger partial charge in [0.2, 0.25) is 0 Å². The summed E-state index contributed by atoms with van der Waals surface area (Å²) in [6.07, 6.45) is 2.15. The highest BCUT2D eigenvalue weighted by atomic mass is 79.9. The smallest absolute Gasteiger partial charge is 0.129 e. The Kier molecular flexibility index (Phi) is 3.33. The number of hydrogen-bond donors (Lipinski definition) is 1. The van der Waals surface area contributed by atoms with Gasteiger partial charge in [-0.05, 0) is 18.9 Å². The van der Waals surface area contributed by atoms with Gasteiger partial charge in [-0.1, -0.05) is 34.1 Å². The van der Waals surface area contributed by atoms with Crippen LogP contribution in [0.3, 0.4) is 0 Å². The summed E-state index contributed by atoms with van der Waals surface area (Å²) < 4.78 is 8.51. The molecule has 1 fully saturated rings. The van der Waals surface area contributed by atoms with E-state index in [0.717, 1.165) is 40.7 Å². The van der Waals surface area contributed by atoms with Gasteiger partial charge in [0, 0.05) is 23.7 Å². The number of nitrogens with two attached hydrogens (primary N) is 1. The molecule has 1 aliphatic rings. The number of nitrogen functional groups attached to an aromatic ring is 1. The van der Waals surface area contributed by atoms with Crippen LogP contribution in [0, 0.1) is 0 Å². The summed E-state index contributed by atoms with van der Waals surface area (Å²) in [5, 5.41) is 4.56. The molecule has 2 heterocycles. The Hall–Kier alpha value is -1.33. The number of aryl methyl sites for hydroxylation is 1. The molecule has 0 radical (unpaired) electrons. The molecule has 1 aromatic heterocycles. The van der Waals surface area contributed by atoms with Crippen LogP contribution in [-0.4, -0.2) is 16.4 Å². The zero-order chi connectivity index (χ0) is 13.4. The van der Waals surface area contributed by atoms with Crippen molar-refractivity contribution in [1.82, 2.24) is 9.78 Å². The topological polar surface area (TPSA) is 53.1 Å². The first-order valence-corrected chi connectivity index (χ1v) is 7.16. The molecular weight excluding hydrogens is 306 g/mol. The van der Waals surface area contributed by atoms with E-state index < -0.39 is 0 Å². The Balaban J connectivity index is 2.16. The minimum atomic E-state index is 0.0607. The molecule has 0 saturated carbocycles. The molecule has 1 aromatic carbocycles. The van der Waals surface area contributed by atoms with Crippen molar-refractivity contribution in [2.45, 2.75) is 18.9 Å². The minimum Gasteiger partial charge on any atom is -0.383 e. The van der Waals surface area contributed by atoms with E-state index in [2.05, 4.69) is 27.1 Å². The van der Waals surface area contributed by atoms with Crippen molar-refractivity contribution in [3.05, 3.63) is 34.4 Å². The molecule has 1 saturated heterocycles. The molecule has 3 rings (SSSR count). The van der Waals surface area contributed by atoms with Crippen LogP contribution in [0.2, 0.25) is 0 Å². The average Bonchev–Trinajstić information content (AvgIpc) is 3.01. The molecule has 4 nitrogen and oxygen atoms in total. The number of benzene rings is 1. The summed E-state index contributed by atoms with van der Waals surface area (Å²) in [7, 11) is 1.87. The van der Waals surface area contributed by atoms with Gasteiger partial charge in [-0.3, -0.25) is 4.68 Å². The van der Waals surface area contributed by atoms with Crippen molar-refractivity contribution in [1.29, 1.82) is 0 Å². The Bertz CT molecular complexity index is 603. The van der Waals surface area contributed by atoms with Crippen molar-refractivity contribution >= 4 is 21.7 Å². The summed E-state index contributed by atoms with van der Waals surface area (Å²) in [6, 6.07) is 8.06. The van der Waals surface area contributed by atoms with Crippen LogP contribution in [0.1, 0.15) is 24.6 Å². The van der Waals surface area contributed by atoms with Gasteiger partial charge in [-0.15, -0.1) is 0 Å². The monoisotopic (exact) mass is 321 g/mol. The lowest BCUT2D eigenvalue weighted by Gasteiger charge is -2.10. The summed E-state index contributed by atoms with van der Waals surface area (Å²) >= 11 is 3.59. The maximum Gasteiger partial charge on any atom is 0.129 e. The zero-order valence-corrected chi connectivity index (χ0v) is 12.4. The summed E-state index contributed by atoms with van der Waals surface area (Å²) in [5.74, 6) is 0.678. The fraction of sp³-hybridized carbons (Fsp3) is 0.357. The Labute approximate surface area is 120 Å². The number of aromatic nitrogens is 2. The Morgan fingerprint density at radius 3 is 2.89 bits per heavy atom. The second kappa shape index (κ2) is 4.98. The molecule has 19 heavy (non-hydrogen) atoms. The van der Waals surface area contributed by atoms with E-state index in [1.54, 1.807) is 4.68 Å². The van der Waals surface area contributed by atoms with E-state index >= 15 is 0 Å². The van der Waals surface area contributed by atoms with Crippen molar-refractivity contribution in [3.63, 3.8) is 0 Å². The van der Waals surface area contributed by atoms with Gasteiger partial charge in [0.1, 0.15) is 17.6 Å². The first-order chi connectivity index (χ1) is 9.18. The fourth-order valence-corrected chi connectivity index (χ4v) is 3.00. The SMILES string of the molecule is Cn1nc(C2CCCO2)c(-c2ccccc2Br)c1N. The van der Waals surface area contributed by atoms with Gasteiger partial charge >= 0.3 is 0 Å². The average molecular weight is 322 g/mol. The normalized spacial score (nSPS) is 18.9. The molecule has 0 aliphatic carbocycles. The van der Waals surface area contributed by atoms with Crippen molar-refractivity contribution in [2.24, 2.45) is 7.05 Å². The third-order valence-corrected chi connectivity index (χ3v) is 4.19. The van der Waals surface area contributed by atoms with Crippen LogP contribution < -0.4 is 5.73 Å². The lowest BCUT2D eigenvalue weighted by atomic mass is 10.0. The van der Waals surface area contributed by atoms with Gasteiger partial charge < -0.3 is 10.5 Å². The Morgan fingerprint density at radius 1 is 1.42 bits per heavy atom. The maximum absolute atomic E-state index is 6.20. The predicted octanol–water partition coefficient (Wildman–Crippen LogP) is 3.28. The zero-order valence-electron chi connectivity index (χ0n) is 10.8. The highest BCUT2D eigenvalue weighted by Gasteiger charge is 2.27. The van der Waals surface area contributed by atoms with Crippen LogP contribution in [0.15, 0.2) is 28.7 Å². The molecule has 1 unspecified atom stereocenters. The van der Waals surface area contributed by atoms with Gasteiger partial charge in [-0.2, -0.15) is 5.10 Å². The van der Waals surface area contributed by atoms with E-state index in [9.17, 15) is 0 Å². The van der Waals surface area contributed by atoms with Crippen LogP contribution in [0.4, 0.5) is 5.82 Å². The van der Waals surface area contributed by atoms with Gasteiger partial charge in [0.15, 0.2) is 0 Å². The van der Waals surface area contributed by atoms with E-state index in [4.69, 9.17) is 10.5 Å². The molecule has 1 atom stereocenters. The van der Waals surface area contributed by atoms with E-state index in [1.807, 2.05) is 25.2 Å². The first-order valence-electron chi connectivity index (χ1n) is 6.37. The summed E-state index contributed by atoms with van der Waals surface area (Å²) in [4.78, 5) is 0. The second-order valence-electron chi connectivity index (χ2n) is 4.75. The van der Waals surface area contributed by atoms with Crippen molar-refractivity contribution in [3.8, 4) is 11.1 Å². The lowest BCUT2D eigenvalue weighted by molar-refractivity contribution is 0.108. The molecule has 100 valence electrons. The third-order valence-electron chi connectivity index (χ3n) is 3.50. The van der Waals surface area contributed by atoms with Crippen molar-refractivity contribution in [2.75, 3.05) is 12.3 Å². The largest absolute Gasteiger partial charge is 0.383 e. The quantitative estimate of drug-likeness (QED) is 0.923. The van der Waals surface area contributed by atoms with E-state index in [1.165, 1.54) is 0 Å². The molecule has 0 amide bonds. The third kappa shape index (κ3) is 2.17. The first kappa shape index (κ1) is 12.7. The minimum absolute atomic E-state index is 0.0607. The fourth-order valence-electron chi connectivity index (χ4n) is 2.52. The number of halogens is 1. The standard InChI is InChI=1S/C14H16BrN3O/c1-18-14(16)12(9-5-2-3-6-10(9)15)13(17-18)11-7-4-8-19-11/h2-3,5-6,11H,4,7-8,16H2,1H3. The molecule has 2 aromatic rings. The highest BCUT2D eigenvalue weighted by molar-refractivity contribution is 9.10. The van der Waals surface area contributed by atoms with Crippen LogP contribution in [-0.2, 0) is 11.8 Å². The number of nitrogens with zero attached hydrogens (tertiary/aromatic N) is 2. The molecule has 2 N–H and O–H groups in total. The number of rotatable bonds is 2. The van der Waals surface area contributed by atoms with Crippen LogP contribution in [0.5, 0.6) is 0 Å². The second-order valence-corrected chi connectivity index (χ2v) is 5.60. The lowest BCUT2D eigenvalue weighted by Crippen LogP contribution is -2.00. The van der Waals surface area contributed by atoms with Crippen LogP contribution >= 0.6 is 15.9 Å². The number of hydrogen-bond acceptors (Lipinski definition) is 3. The van der Waals surface area contributed by atoms with E-state index in [-0.39, 0.29) is 6.10 Å². The van der Waals surface area contributed by atoms with Gasteiger partial charge in [0.05, 0.1) is 5.56 Å². The molecule has 5 heteroatoms. The highest BCUT2D eigenvalue weighted by Crippen LogP contribution is 2.40. The van der Waals surface area contributed by atoms with Gasteiger partial charge in [0.25, 0.3) is 0 Å². The van der Waals surface area contributed by atoms with Crippen molar-refractivity contribution < 1.29 is 4.74 Å². The van der Waals surface area contributed by atoms with E-state index in [0.29, 0.717) is 5.82 Å². The molecule has 0 bridgehead atoms. The Morgan fingerprint density at radius 2 is 2.21 bits per heavy atom. The number of anilines is 1. The molecule has 0 spiro atoms. The predicted molar refractivity (Wildman–Crippen MR) is 78.7 cm³/mol. The summed E-state index contributed by atoms with van der Waals surface area (Å²) in [5.41, 5.74) is 9.20. The number of ether oxygens (including phenoxy) is 1. The molecule has 1 aliphatic heterocycles. The van der Waals surface area contributed by atoms with Gasteiger partial charge in [-0.25, -0.2) is 0 Å². The van der Waals surface area contributed by atoms with Crippen LogP contribution in [0.25, 0.3) is 11.1 Å². The molecular formula is C14H16BrN3O.